The Labute approximate surface area is 177 Å². The van der Waals surface area contributed by atoms with Crippen LogP contribution in [0.1, 0.15) is 28.4 Å². The molecule has 2 aromatic carbocycles. The van der Waals surface area contributed by atoms with Crippen LogP contribution >= 0.6 is 0 Å². The number of benzene rings is 2. The number of amides is 1. The summed E-state index contributed by atoms with van der Waals surface area (Å²) in [5.41, 5.74) is 9.11. The topological polar surface area (TPSA) is 62.5 Å². The molecule has 5 rings (SSSR count). The van der Waals surface area contributed by atoms with Crippen LogP contribution in [0.15, 0.2) is 66.9 Å². The fourth-order valence-electron chi connectivity index (χ4n) is 5.07. The molecule has 2 unspecified atom stereocenters. The van der Waals surface area contributed by atoms with E-state index in [0.717, 1.165) is 55.6 Å². The molecule has 3 heterocycles. The minimum absolute atomic E-state index is 0.0866. The van der Waals surface area contributed by atoms with Gasteiger partial charge in [-0.25, -0.2) is 0 Å². The Bertz CT molecular complexity index is 1020. The molecule has 0 spiro atoms. The Hall–Kier alpha value is -2.76. The normalized spacial score (nSPS) is 22.4. The van der Waals surface area contributed by atoms with Crippen molar-refractivity contribution < 1.29 is 4.79 Å². The number of pyridine rings is 1. The van der Waals surface area contributed by atoms with Crippen LogP contribution in [0.25, 0.3) is 10.9 Å². The van der Waals surface area contributed by atoms with Crippen molar-refractivity contribution in [3.05, 3.63) is 78.0 Å². The third-order valence-electron chi connectivity index (χ3n) is 6.70. The number of nitrogens with two attached hydrogens (primary N) is 1. The van der Waals surface area contributed by atoms with Crippen molar-refractivity contribution in [3.8, 4) is 0 Å². The zero-order valence-corrected chi connectivity index (χ0v) is 17.2. The quantitative estimate of drug-likeness (QED) is 0.714. The number of carbonyl (C=O) groups is 1. The standard InChI is InChI=1S/C25H28N4O/c26-23(18-6-2-1-3-7-18)11-13-28-14-20-16-29(17-21(20)15-28)25(30)22-10-4-8-19-9-5-12-27-24(19)22/h1-10,12,20-21,23H,11,13-17,26H2/t20?,21?,23-/m0/s1. The molecule has 154 valence electrons. The molecule has 3 atom stereocenters. The van der Waals surface area contributed by atoms with Gasteiger partial charge in [-0.15, -0.1) is 0 Å². The average molecular weight is 401 g/mol. The van der Waals surface area contributed by atoms with Crippen molar-refractivity contribution in [2.45, 2.75) is 12.5 Å². The summed E-state index contributed by atoms with van der Waals surface area (Å²) in [5, 5.41) is 1.02. The van der Waals surface area contributed by atoms with E-state index in [0.29, 0.717) is 11.8 Å². The Balaban J connectivity index is 1.18. The van der Waals surface area contributed by atoms with Gasteiger partial charge in [0.2, 0.25) is 0 Å². The van der Waals surface area contributed by atoms with E-state index >= 15 is 0 Å². The maximum absolute atomic E-state index is 13.2. The molecule has 5 heteroatoms. The molecule has 2 aliphatic heterocycles. The van der Waals surface area contributed by atoms with Gasteiger partial charge < -0.3 is 15.5 Å². The van der Waals surface area contributed by atoms with Crippen molar-refractivity contribution >= 4 is 16.8 Å². The van der Waals surface area contributed by atoms with Gasteiger partial charge in [0.25, 0.3) is 5.91 Å². The number of rotatable bonds is 5. The van der Waals surface area contributed by atoms with E-state index in [1.165, 1.54) is 5.56 Å². The van der Waals surface area contributed by atoms with E-state index < -0.39 is 0 Å². The molecule has 1 amide bonds. The molecule has 2 aliphatic rings. The van der Waals surface area contributed by atoms with Crippen LogP contribution in [0.5, 0.6) is 0 Å². The van der Waals surface area contributed by atoms with Gasteiger partial charge in [-0.2, -0.15) is 0 Å². The van der Waals surface area contributed by atoms with Gasteiger partial charge >= 0.3 is 0 Å². The Morgan fingerprint density at radius 1 is 0.967 bits per heavy atom. The molecule has 2 saturated heterocycles. The van der Waals surface area contributed by atoms with E-state index in [-0.39, 0.29) is 11.9 Å². The molecule has 0 aliphatic carbocycles. The molecule has 3 aromatic rings. The third-order valence-corrected chi connectivity index (χ3v) is 6.70. The summed E-state index contributed by atoms with van der Waals surface area (Å²) in [6.45, 7) is 4.82. The van der Waals surface area contributed by atoms with Crippen molar-refractivity contribution in [1.29, 1.82) is 0 Å². The molecule has 2 N–H and O–H groups in total. The highest BCUT2D eigenvalue weighted by molar-refractivity contribution is 6.05. The van der Waals surface area contributed by atoms with Gasteiger partial charge in [-0.3, -0.25) is 9.78 Å². The minimum atomic E-state index is 0.0866. The van der Waals surface area contributed by atoms with Crippen LogP contribution in [0.3, 0.4) is 0 Å². The molecule has 0 radical (unpaired) electrons. The fourth-order valence-corrected chi connectivity index (χ4v) is 5.07. The number of hydrogen-bond donors (Lipinski definition) is 1. The van der Waals surface area contributed by atoms with Gasteiger partial charge in [-0.1, -0.05) is 48.5 Å². The Morgan fingerprint density at radius 2 is 1.70 bits per heavy atom. The first-order chi connectivity index (χ1) is 14.7. The second-order valence-electron chi connectivity index (χ2n) is 8.68. The smallest absolute Gasteiger partial charge is 0.256 e. The molecule has 2 fully saturated rings. The first-order valence-corrected chi connectivity index (χ1v) is 10.8. The lowest BCUT2D eigenvalue weighted by Gasteiger charge is -2.23. The van der Waals surface area contributed by atoms with Crippen molar-refractivity contribution in [2.24, 2.45) is 17.6 Å². The maximum atomic E-state index is 13.2. The van der Waals surface area contributed by atoms with Gasteiger partial charge in [0, 0.05) is 43.8 Å². The zero-order chi connectivity index (χ0) is 20.5. The molecular formula is C25H28N4O. The lowest BCUT2D eigenvalue weighted by molar-refractivity contribution is 0.0775. The predicted molar refractivity (Wildman–Crippen MR) is 119 cm³/mol. The Morgan fingerprint density at radius 3 is 2.47 bits per heavy atom. The van der Waals surface area contributed by atoms with Crippen LogP contribution in [-0.2, 0) is 0 Å². The van der Waals surface area contributed by atoms with E-state index in [4.69, 9.17) is 5.73 Å². The summed E-state index contributed by atoms with van der Waals surface area (Å²) in [6.07, 6.45) is 2.73. The highest BCUT2D eigenvalue weighted by Gasteiger charge is 2.41. The molecule has 30 heavy (non-hydrogen) atoms. The number of likely N-dealkylation sites (tertiary alicyclic amines) is 2. The SMILES string of the molecule is N[C@@H](CCN1CC2CN(C(=O)c3cccc4cccnc34)CC2C1)c1ccccc1. The van der Waals surface area contributed by atoms with Gasteiger partial charge in [0.15, 0.2) is 0 Å². The number of carbonyl (C=O) groups excluding carboxylic acids is 1. The second kappa shape index (κ2) is 8.17. The number of nitrogens with zero attached hydrogens (tertiary/aromatic N) is 3. The third kappa shape index (κ3) is 3.71. The molecule has 0 bridgehead atoms. The highest BCUT2D eigenvalue weighted by atomic mass is 16.2. The highest BCUT2D eigenvalue weighted by Crippen LogP contribution is 2.33. The molecule has 5 nitrogen and oxygen atoms in total. The van der Waals surface area contributed by atoms with Crippen molar-refractivity contribution in [2.75, 3.05) is 32.7 Å². The summed E-state index contributed by atoms with van der Waals surface area (Å²) in [7, 11) is 0. The summed E-state index contributed by atoms with van der Waals surface area (Å²) in [4.78, 5) is 22.2. The van der Waals surface area contributed by atoms with Crippen LogP contribution in [-0.4, -0.2) is 53.4 Å². The largest absolute Gasteiger partial charge is 0.338 e. The number of fused-ring (bicyclic) bond motifs is 2. The van der Waals surface area contributed by atoms with E-state index in [9.17, 15) is 4.79 Å². The van der Waals surface area contributed by atoms with E-state index in [2.05, 4.69) is 22.0 Å². The zero-order valence-electron chi connectivity index (χ0n) is 17.2. The van der Waals surface area contributed by atoms with Crippen LogP contribution < -0.4 is 5.73 Å². The Kier molecular flexibility index (Phi) is 5.23. The van der Waals surface area contributed by atoms with E-state index in [1.807, 2.05) is 53.4 Å². The number of aromatic nitrogens is 1. The first kappa shape index (κ1) is 19.2. The monoisotopic (exact) mass is 400 g/mol. The summed E-state index contributed by atoms with van der Waals surface area (Å²) >= 11 is 0. The lowest BCUT2D eigenvalue weighted by atomic mass is 10.0. The van der Waals surface area contributed by atoms with Gasteiger partial charge in [-0.05, 0) is 42.5 Å². The summed E-state index contributed by atoms with van der Waals surface area (Å²) < 4.78 is 0. The minimum Gasteiger partial charge on any atom is -0.338 e. The first-order valence-electron chi connectivity index (χ1n) is 10.8. The molecule has 1 aromatic heterocycles. The van der Waals surface area contributed by atoms with Gasteiger partial charge in [0.05, 0.1) is 11.1 Å². The van der Waals surface area contributed by atoms with Crippen LogP contribution in [0.4, 0.5) is 0 Å². The van der Waals surface area contributed by atoms with Gasteiger partial charge in [0.1, 0.15) is 0 Å². The van der Waals surface area contributed by atoms with Crippen molar-refractivity contribution in [1.82, 2.24) is 14.8 Å². The van der Waals surface area contributed by atoms with Crippen molar-refractivity contribution in [3.63, 3.8) is 0 Å². The van der Waals surface area contributed by atoms with E-state index in [1.54, 1.807) is 6.20 Å². The fraction of sp³-hybridized carbons (Fsp3) is 0.360. The summed E-state index contributed by atoms with van der Waals surface area (Å²) in [5.74, 6) is 1.24. The second-order valence-corrected chi connectivity index (χ2v) is 8.68. The maximum Gasteiger partial charge on any atom is 0.256 e. The molecule has 0 saturated carbocycles. The summed E-state index contributed by atoms with van der Waals surface area (Å²) in [6, 6.07) is 20.2. The van der Waals surface area contributed by atoms with Crippen LogP contribution in [0.2, 0.25) is 0 Å². The predicted octanol–water partition coefficient (Wildman–Crippen LogP) is 3.33. The lowest BCUT2D eigenvalue weighted by Crippen LogP contribution is -2.34. The number of hydrogen-bond acceptors (Lipinski definition) is 4. The molecular weight excluding hydrogens is 372 g/mol. The van der Waals surface area contributed by atoms with Crippen LogP contribution in [0, 0.1) is 11.8 Å². The average Bonchev–Trinajstić information content (AvgIpc) is 3.36. The number of para-hydroxylation sites is 1.